The number of hydrogen-bond donors (Lipinski definition) is 1. The van der Waals surface area contributed by atoms with Crippen molar-refractivity contribution in [3.63, 3.8) is 0 Å². The van der Waals surface area contributed by atoms with Crippen LogP contribution in [0.1, 0.15) is 23.6 Å². The van der Waals surface area contributed by atoms with Crippen LogP contribution in [0, 0.1) is 13.8 Å². The van der Waals surface area contributed by atoms with Crippen LogP contribution in [-0.2, 0) is 11.3 Å². The molecule has 8 heteroatoms. The van der Waals surface area contributed by atoms with E-state index in [9.17, 15) is 4.79 Å². The Balaban J connectivity index is 1.64. The molecule has 3 rings (SSSR count). The van der Waals surface area contributed by atoms with Crippen molar-refractivity contribution in [1.29, 1.82) is 0 Å². The maximum Gasteiger partial charge on any atom is 0.233 e. The fourth-order valence-corrected chi connectivity index (χ4v) is 3.38. The number of amides is 1. The van der Waals surface area contributed by atoms with Crippen LogP contribution in [0.25, 0.3) is 5.69 Å². The molecular weight excluding hydrogens is 382 g/mol. The van der Waals surface area contributed by atoms with Crippen LogP contribution in [0.5, 0.6) is 0 Å². The van der Waals surface area contributed by atoms with Gasteiger partial charge in [-0.05, 0) is 72.2 Å². The molecule has 1 aromatic heterocycles. The summed E-state index contributed by atoms with van der Waals surface area (Å²) in [7, 11) is 0. The minimum absolute atomic E-state index is 0.0791. The average Bonchev–Trinajstić information content (AvgIpc) is 3.11. The number of tetrazole rings is 1. The van der Waals surface area contributed by atoms with Crippen LogP contribution < -0.4 is 5.32 Å². The van der Waals surface area contributed by atoms with E-state index in [2.05, 4.69) is 27.8 Å². The molecule has 0 saturated heterocycles. The number of carbonyl (C=O) groups excluding carboxylic acids is 1. The summed E-state index contributed by atoms with van der Waals surface area (Å²) in [5.41, 5.74) is 4.23. The highest BCUT2D eigenvalue weighted by atomic mass is 35.5. The molecule has 1 N–H and O–H groups in total. The first-order valence-electron chi connectivity index (χ1n) is 8.49. The molecule has 2 aromatic carbocycles. The maximum absolute atomic E-state index is 12.4. The molecule has 27 heavy (non-hydrogen) atoms. The first-order chi connectivity index (χ1) is 12.9. The minimum Gasteiger partial charge on any atom is -0.351 e. The standard InChI is InChI=1S/C19H20ClN5OS/c1-12-4-9-17(10-13(12)2)25-19(22-23-24-25)27-14(3)18(26)21-11-15-5-7-16(20)8-6-15/h4-10,14H,11H2,1-3H3,(H,21,26). The van der Waals surface area contributed by atoms with E-state index in [1.54, 1.807) is 16.8 Å². The first-order valence-corrected chi connectivity index (χ1v) is 9.74. The molecule has 0 saturated carbocycles. The Hall–Kier alpha value is -2.38. The molecule has 0 aliphatic heterocycles. The van der Waals surface area contributed by atoms with Gasteiger partial charge in [0.1, 0.15) is 0 Å². The summed E-state index contributed by atoms with van der Waals surface area (Å²) in [5.74, 6) is -0.0791. The normalized spacial score (nSPS) is 12.0. The van der Waals surface area contributed by atoms with Gasteiger partial charge in [-0.1, -0.05) is 41.6 Å². The van der Waals surface area contributed by atoms with E-state index < -0.39 is 0 Å². The molecule has 1 atom stereocenters. The van der Waals surface area contributed by atoms with Gasteiger partial charge in [-0.3, -0.25) is 4.79 Å². The number of carbonyl (C=O) groups is 1. The summed E-state index contributed by atoms with van der Waals surface area (Å²) in [6.07, 6.45) is 0. The Morgan fingerprint density at radius 3 is 2.63 bits per heavy atom. The van der Waals surface area contributed by atoms with Gasteiger partial charge >= 0.3 is 0 Å². The molecule has 1 unspecified atom stereocenters. The van der Waals surface area contributed by atoms with Gasteiger partial charge in [-0.25, -0.2) is 0 Å². The molecule has 0 bridgehead atoms. The number of aryl methyl sites for hydroxylation is 2. The summed E-state index contributed by atoms with van der Waals surface area (Å²) < 4.78 is 1.65. The molecular formula is C19H20ClN5OS. The highest BCUT2D eigenvalue weighted by molar-refractivity contribution is 8.00. The first kappa shape index (κ1) is 19.4. The summed E-state index contributed by atoms with van der Waals surface area (Å²) in [5, 5.41) is 15.7. The fourth-order valence-electron chi connectivity index (χ4n) is 2.42. The lowest BCUT2D eigenvalue weighted by Crippen LogP contribution is -2.30. The van der Waals surface area contributed by atoms with Gasteiger partial charge in [0.2, 0.25) is 11.1 Å². The van der Waals surface area contributed by atoms with Crippen LogP contribution in [0.3, 0.4) is 0 Å². The zero-order valence-electron chi connectivity index (χ0n) is 15.3. The zero-order valence-corrected chi connectivity index (χ0v) is 16.9. The fraction of sp³-hybridized carbons (Fsp3) is 0.263. The molecule has 0 radical (unpaired) electrons. The van der Waals surface area contributed by atoms with E-state index in [1.807, 2.05) is 44.2 Å². The Morgan fingerprint density at radius 2 is 1.93 bits per heavy atom. The third-order valence-electron chi connectivity index (χ3n) is 4.21. The van der Waals surface area contributed by atoms with Crippen molar-refractivity contribution < 1.29 is 4.79 Å². The van der Waals surface area contributed by atoms with Crippen molar-refractivity contribution in [3.8, 4) is 5.69 Å². The van der Waals surface area contributed by atoms with Gasteiger partial charge in [-0.2, -0.15) is 4.68 Å². The lowest BCUT2D eigenvalue weighted by Gasteiger charge is -2.12. The molecule has 6 nitrogen and oxygen atoms in total. The number of nitrogens with zero attached hydrogens (tertiary/aromatic N) is 4. The van der Waals surface area contributed by atoms with Gasteiger partial charge in [0.15, 0.2) is 0 Å². The average molecular weight is 402 g/mol. The van der Waals surface area contributed by atoms with E-state index >= 15 is 0 Å². The Bertz CT molecular complexity index is 942. The van der Waals surface area contributed by atoms with Crippen LogP contribution in [-0.4, -0.2) is 31.4 Å². The summed E-state index contributed by atoms with van der Waals surface area (Å²) >= 11 is 7.20. The Morgan fingerprint density at radius 1 is 1.19 bits per heavy atom. The summed E-state index contributed by atoms with van der Waals surface area (Å²) in [6.45, 7) is 6.38. The summed E-state index contributed by atoms with van der Waals surface area (Å²) in [6, 6.07) is 13.4. The van der Waals surface area contributed by atoms with Crippen molar-refractivity contribution in [1.82, 2.24) is 25.5 Å². The number of halogens is 1. The molecule has 1 heterocycles. The second kappa shape index (κ2) is 8.54. The number of aromatic nitrogens is 4. The second-order valence-electron chi connectivity index (χ2n) is 6.25. The second-order valence-corrected chi connectivity index (χ2v) is 7.99. The molecule has 0 aliphatic carbocycles. The molecule has 0 spiro atoms. The zero-order chi connectivity index (χ0) is 19.4. The minimum atomic E-state index is -0.339. The molecule has 3 aromatic rings. The van der Waals surface area contributed by atoms with Gasteiger partial charge in [-0.15, -0.1) is 5.10 Å². The topological polar surface area (TPSA) is 72.7 Å². The van der Waals surface area contributed by atoms with E-state index in [0.717, 1.165) is 16.8 Å². The third-order valence-corrected chi connectivity index (χ3v) is 5.49. The molecule has 0 aliphatic rings. The predicted molar refractivity (Wildman–Crippen MR) is 107 cm³/mol. The van der Waals surface area contributed by atoms with Crippen LogP contribution in [0.4, 0.5) is 0 Å². The molecule has 140 valence electrons. The largest absolute Gasteiger partial charge is 0.351 e. The predicted octanol–water partition coefficient (Wildman–Crippen LogP) is 3.73. The van der Waals surface area contributed by atoms with Gasteiger partial charge < -0.3 is 5.32 Å². The highest BCUT2D eigenvalue weighted by Gasteiger charge is 2.19. The van der Waals surface area contributed by atoms with Crippen LogP contribution in [0.2, 0.25) is 5.02 Å². The number of hydrogen-bond acceptors (Lipinski definition) is 5. The lowest BCUT2D eigenvalue weighted by atomic mass is 10.1. The quantitative estimate of drug-likeness (QED) is 0.637. The van der Waals surface area contributed by atoms with Gasteiger partial charge in [0.05, 0.1) is 10.9 Å². The number of benzene rings is 2. The Kier molecular flexibility index (Phi) is 6.13. The monoisotopic (exact) mass is 401 g/mol. The highest BCUT2D eigenvalue weighted by Crippen LogP contribution is 2.24. The maximum atomic E-state index is 12.4. The van der Waals surface area contributed by atoms with Gasteiger partial charge in [0, 0.05) is 11.6 Å². The lowest BCUT2D eigenvalue weighted by molar-refractivity contribution is -0.120. The third kappa shape index (κ3) is 4.87. The van der Waals surface area contributed by atoms with E-state index in [-0.39, 0.29) is 11.2 Å². The summed E-state index contributed by atoms with van der Waals surface area (Å²) in [4.78, 5) is 12.4. The number of rotatable bonds is 6. The van der Waals surface area contributed by atoms with Crippen molar-refractivity contribution in [2.75, 3.05) is 0 Å². The Labute approximate surface area is 167 Å². The van der Waals surface area contributed by atoms with Crippen molar-refractivity contribution in [3.05, 3.63) is 64.2 Å². The van der Waals surface area contributed by atoms with Crippen LogP contribution in [0.15, 0.2) is 47.6 Å². The molecule has 0 fully saturated rings. The van der Waals surface area contributed by atoms with E-state index in [0.29, 0.717) is 16.7 Å². The van der Waals surface area contributed by atoms with Gasteiger partial charge in [0.25, 0.3) is 0 Å². The van der Waals surface area contributed by atoms with Crippen LogP contribution >= 0.6 is 23.4 Å². The number of thioether (sulfide) groups is 1. The number of nitrogens with one attached hydrogen (secondary N) is 1. The van der Waals surface area contributed by atoms with Crippen molar-refractivity contribution in [2.24, 2.45) is 0 Å². The van der Waals surface area contributed by atoms with E-state index in [4.69, 9.17) is 11.6 Å². The van der Waals surface area contributed by atoms with Crippen molar-refractivity contribution >= 4 is 29.3 Å². The SMILES string of the molecule is Cc1ccc(-n2nnnc2SC(C)C(=O)NCc2ccc(Cl)cc2)cc1C. The smallest absolute Gasteiger partial charge is 0.233 e. The molecule has 1 amide bonds. The van der Waals surface area contributed by atoms with E-state index in [1.165, 1.54) is 17.3 Å². The van der Waals surface area contributed by atoms with Crippen molar-refractivity contribution in [2.45, 2.75) is 37.7 Å².